The van der Waals surface area contributed by atoms with E-state index in [1.165, 1.54) is 6.92 Å². The SMILES string of the molecule is CCC(C)C(NC(=O)CCCOc1ccc(C(C)=O)cc1)C(N)=O. The van der Waals surface area contributed by atoms with Gasteiger partial charge in [-0.05, 0) is 43.5 Å². The van der Waals surface area contributed by atoms with Crippen LogP contribution in [-0.2, 0) is 9.59 Å². The van der Waals surface area contributed by atoms with Gasteiger partial charge < -0.3 is 15.8 Å². The van der Waals surface area contributed by atoms with E-state index in [-0.39, 0.29) is 24.0 Å². The van der Waals surface area contributed by atoms with E-state index in [1.807, 2.05) is 13.8 Å². The van der Waals surface area contributed by atoms with Crippen LogP contribution in [0.1, 0.15) is 50.4 Å². The number of nitrogens with two attached hydrogens (primary N) is 1. The summed E-state index contributed by atoms with van der Waals surface area (Å²) < 4.78 is 5.53. The highest BCUT2D eigenvalue weighted by molar-refractivity contribution is 5.94. The molecule has 0 bridgehead atoms. The number of amides is 2. The summed E-state index contributed by atoms with van der Waals surface area (Å²) in [5.74, 6) is -0.0739. The monoisotopic (exact) mass is 334 g/mol. The van der Waals surface area contributed by atoms with Crippen LogP contribution in [0.15, 0.2) is 24.3 Å². The van der Waals surface area contributed by atoms with Gasteiger partial charge in [0, 0.05) is 12.0 Å². The van der Waals surface area contributed by atoms with Gasteiger partial charge in [-0.2, -0.15) is 0 Å². The zero-order chi connectivity index (χ0) is 18.1. The number of carbonyl (C=O) groups excluding carboxylic acids is 3. The summed E-state index contributed by atoms with van der Waals surface area (Å²) in [5, 5.41) is 2.68. The van der Waals surface area contributed by atoms with E-state index in [4.69, 9.17) is 10.5 Å². The van der Waals surface area contributed by atoms with Crippen molar-refractivity contribution in [3.8, 4) is 5.75 Å². The largest absolute Gasteiger partial charge is 0.494 e. The van der Waals surface area contributed by atoms with E-state index in [0.717, 1.165) is 6.42 Å². The van der Waals surface area contributed by atoms with E-state index in [9.17, 15) is 14.4 Å². The third-order valence-electron chi connectivity index (χ3n) is 3.91. The van der Waals surface area contributed by atoms with E-state index in [2.05, 4.69) is 5.32 Å². The molecular formula is C18H26N2O4. The van der Waals surface area contributed by atoms with Crippen LogP contribution in [0.5, 0.6) is 5.75 Å². The van der Waals surface area contributed by atoms with E-state index in [1.54, 1.807) is 24.3 Å². The first-order valence-electron chi connectivity index (χ1n) is 8.17. The van der Waals surface area contributed by atoms with Crippen LogP contribution in [0.3, 0.4) is 0 Å². The van der Waals surface area contributed by atoms with Crippen molar-refractivity contribution in [3.63, 3.8) is 0 Å². The van der Waals surface area contributed by atoms with Crippen LogP contribution < -0.4 is 15.8 Å². The second-order valence-electron chi connectivity index (χ2n) is 5.87. The van der Waals surface area contributed by atoms with Crippen LogP contribution in [0, 0.1) is 5.92 Å². The minimum Gasteiger partial charge on any atom is -0.494 e. The number of benzene rings is 1. The molecule has 0 aliphatic carbocycles. The molecule has 2 unspecified atom stereocenters. The molecule has 2 amide bonds. The van der Waals surface area contributed by atoms with Gasteiger partial charge in [-0.1, -0.05) is 20.3 Å². The molecule has 1 rings (SSSR count). The lowest BCUT2D eigenvalue weighted by Crippen LogP contribution is -2.48. The van der Waals surface area contributed by atoms with Crippen molar-refractivity contribution in [3.05, 3.63) is 29.8 Å². The highest BCUT2D eigenvalue weighted by Gasteiger charge is 2.23. The maximum absolute atomic E-state index is 11.9. The highest BCUT2D eigenvalue weighted by Crippen LogP contribution is 2.13. The van der Waals surface area contributed by atoms with E-state index < -0.39 is 11.9 Å². The van der Waals surface area contributed by atoms with Gasteiger partial charge in [-0.25, -0.2) is 0 Å². The van der Waals surface area contributed by atoms with Gasteiger partial charge in [-0.15, -0.1) is 0 Å². The fraction of sp³-hybridized carbons (Fsp3) is 0.500. The fourth-order valence-corrected chi connectivity index (χ4v) is 2.18. The molecule has 0 saturated carbocycles. The molecule has 2 atom stereocenters. The van der Waals surface area contributed by atoms with Crippen LogP contribution in [-0.4, -0.2) is 30.2 Å². The lowest BCUT2D eigenvalue weighted by Gasteiger charge is -2.21. The predicted octanol–water partition coefficient (Wildman–Crippen LogP) is 2.06. The Hall–Kier alpha value is -2.37. The zero-order valence-electron chi connectivity index (χ0n) is 14.5. The molecule has 0 aromatic heterocycles. The Labute approximate surface area is 142 Å². The molecule has 3 N–H and O–H groups in total. The Morgan fingerprint density at radius 1 is 1.21 bits per heavy atom. The molecule has 24 heavy (non-hydrogen) atoms. The number of hydrogen-bond donors (Lipinski definition) is 2. The topological polar surface area (TPSA) is 98.5 Å². The van der Waals surface area contributed by atoms with Crippen molar-refractivity contribution in [2.75, 3.05) is 6.61 Å². The Balaban J connectivity index is 2.34. The maximum atomic E-state index is 11.9. The minimum atomic E-state index is -0.637. The van der Waals surface area contributed by atoms with Crippen molar-refractivity contribution >= 4 is 17.6 Å². The fourth-order valence-electron chi connectivity index (χ4n) is 2.18. The first-order chi connectivity index (χ1) is 11.3. The number of primary amides is 1. The van der Waals surface area contributed by atoms with Gasteiger partial charge in [0.2, 0.25) is 11.8 Å². The quantitative estimate of drug-likeness (QED) is 0.505. The Morgan fingerprint density at radius 2 is 1.83 bits per heavy atom. The second kappa shape index (κ2) is 9.70. The predicted molar refractivity (Wildman–Crippen MR) is 91.8 cm³/mol. The van der Waals surface area contributed by atoms with Gasteiger partial charge in [0.05, 0.1) is 6.61 Å². The van der Waals surface area contributed by atoms with Crippen LogP contribution >= 0.6 is 0 Å². The molecule has 0 heterocycles. The number of hydrogen-bond acceptors (Lipinski definition) is 4. The van der Waals surface area contributed by atoms with Crippen molar-refractivity contribution in [2.24, 2.45) is 11.7 Å². The number of ketones is 1. The third-order valence-corrected chi connectivity index (χ3v) is 3.91. The van der Waals surface area contributed by atoms with Crippen LogP contribution in [0.4, 0.5) is 0 Å². The van der Waals surface area contributed by atoms with Crippen molar-refractivity contribution in [1.82, 2.24) is 5.32 Å². The lowest BCUT2D eigenvalue weighted by molar-refractivity contribution is -0.128. The molecule has 0 spiro atoms. The summed E-state index contributed by atoms with van der Waals surface area (Å²) in [6.07, 6.45) is 1.53. The number of rotatable bonds is 10. The highest BCUT2D eigenvalue weighted by atomic mass is 16.5. The van der Waals surface area contributed by atoms with Crippen molar-refractivity contribution in [1.29, 1.82) is 0 Å². The van der Waals surface area contributed by atoms with Crippen LogP contribution in [0.25, 0.3) is 0 Å². The minimum absolute atomic E-state index is 0.00231. The molecular weight excluding hydrogens is 308 g/mol. The van der Waals surface area contributed by atoms with Gasteiger partial charge in [-0.3, -0.25) is 14.4 Å². The summed E-state index contributed by atoms with van der Waals surface area (Å²) in [4.78, 5) is 34.5. The normalized spacial score (nSPS) is 13.0. The molecule has 0 aliphatic rings. The number of Topliss-reactive ketones (excluding diaryl/α,β-unsaturated/α-hetero) is 1. The third kappa shape index (κ3) is 6.40. The molecule has 0 fully saturated rings. The molecule has 0 saturated heterocycles. The number of ether oxygens (including phenoxy) is 1. The molecule has 1 aromatic rings. The van der Waals surface area contributed by atoms with Gasteiger partial charge in [0.25, 0.3) is 0 Å². The van der Waals surface area contributed by atoms with Crippen molar-refractivity contribution < 1.29 is 19.1 Å². The van der Waals surface area contributed by atoms with Crippen LogP contribution in [0.2, 0.25) is 0 Å². The average Bonchev–Trinajstić information content (AvgIpc) is 2.56. The van der Waals surface area contributed by atoms with Crippen molar-refractivity contribution in [2.45, 2.75) is 46.1 Å². The summed E-state index contributed by atoms with van der Waals surface area (Å²) in [5.41, 5.74) is 5.95. The molecule has 132 valence electrons. The number of carbonyl (C=O) groups is 3. The Morgan fingerprint density at radius 3 is 2.33 bits per heavy atom. The molecule has 1 aromatic carbocycles. The number of nitrogens with one attached hydrogen (secondary N) is 1. The molecule has 0 radical (unpaired) electrons. The average molecular weight is 334 g/mol. The standard InChI is InChI=1S/C18H26N2O4/c1-4-12(2)17(18(19)23)20-16(22)6-5-11-24-15-9-7-14(8-10-15)13(3)21/h7-10,12,17H,4-6,11H2,1-3H3,(H2,19,23)(H,20,22). The first kappa shape index (κ1) is 19.7. The molecule has 6 nitrogen and oxygen atoms in total. The molecule has 0 aliphatic heterocycles. The van der Waals surface area contributed by atoms with E-state index in [0.29, 0.717) is 24.3 Å². The van der Waals surface area contributed by atoms with E-state index >= 15 is 0 Å². The first-order valence-corrected chi connectivity index (χ1v) is 8.17. The smallest absolute Gasteiger partial charge is 0.240 e. The lowest BCUT2D eigenvalue weighted by atomic mass is 9.98. The zero-order valence-corrected chi connectivity index (χ0v) is 14.5. The van der Waals surface area contributed by atoms with Gasteiger partial charge in [0.1, 0.15) is 11.8 Å². The van der Waals surface area contributed by atoms with Gasteiger partial charge in [0.15, 0.2) is 5.78 Å². The Kier molecular flexibility index (Phi) is 7.95. The van der Waals surface area contributed by atoms with Gasteiger partial charge >= 0.3 is 0 Å². The molecule has 6 heteroatoms. The second-order valence-corrected chi connectivity index (χ2v) is 5.87. The summed E-state index contributed by atoms with van der Waals surface area (Å²) in [6, 6.07) is 6.22. The Bertz CT molecular complexity index is 569. The summed E-state index contributed by atoms with van der Waals surface area (Å²) >= 11 is 0. The summed E-state index contributed by atoms with van der Waals surface area (Å²) in [7, 11) is 0. The summed E-state index contributed by atoms with van der Waals surface area (Å²) in [6.45, 7) is 5.70. The maximum Gasteiger partial charge on any atom is 0.240 e.